The van der Waals surface area contributed by atoms with Gasteiger partial charge in [-0.2, -0.15) is 0 Å². The van der Waals surface area contributed by atoms with Gasteiger partial charge < -0.3 is 20.1 Å². The highest BCUT2D eigenvalue weighted by molar-refractivity contribution is 6.17. The van der Waals surface area contributed by atoms with E-state index in [9.17, 15) is 20.1 Å². The molecule has 0 aliphatic rings. The summed E-state index contributed by atoms with van der Waals surface area (Å²) >= 11 is 5.48. The minimum atomic E-state index is -1.20. The summed E-state index contributed by atoms with van der Waals surface area (Å²) < 4.78 is 4.89. The minimum absolute atomic E-state index is 0.0125. The molecule has 0 radical (unpaired) electrons. The molecule has 0 heterocycles. The Hall–Kier alpha value is -1.30. The predicted octanol–water partition coefficient (Wildman–Crippen LogP) is 1.24. The maximum Gasteiger partial charge on any atom is 0.168 e. The minimum Gasteiger partial charge on any atom is -0.504 e. The summed E-state index contributed by atoms with van der Waals surface area (Å²) in [5, 5.41) is 29.1. The van der Waals surface area contributed by atoms with Crippen molar-refractivity contribution < 1.29 is 24.9 Å². The number of methoxy groups -OCH3 is 1. The van der Waals surface area contributed by atoms with Crippen molar-refractivity contribution in [1.29, 1.82) is 0 Å². The van der Waals surface area contributed by atoms with Crippen LogP contribution in [0.5, 0.6) is 11.5 Å². The topological polar surface area (TPSA) is 87.0 Å². The summed E-state index contributed by atoms with van der Waals surface area (Å²) in [6.07, 6.45) is -1.59. The van der Waals surface area contributed by atoms with Crippen molar-refractivity contribution >= 4 is 17.9 Å². The molecule has 2 atom stereocenters. The normalized spacial score (nSPS) is 14.0. The largest absolute Gasteiger partial charge is 0.504 e. The second-order valence-electron chi connectivity index (χ2n) is 3.77. The summed E-state index contributed by atoms with van der Waals surface area (Å²) in [5.74, 6) is -0.0319. The summed E-state index contributed by atoms with van der Waals surface area (Å²) in [6.45, 7) is 0. The zero-order chi connectivity index (χ0) is 13.7. The molecule has 0 spiro atoms. The number of rotatable bonds is 6. The first-order valence-corrected chi connectivity index (χ1v) is 5.86. The van der Waals surface area contributed by atoms with Crippen molar-refractivity contribution in [3.8, 4) is 11.5 Å². The van der Waals surface area contributed by atoms with Crippen LogP contribution in [0.1, 0.15) is 28.4 Å². The van der Waals surface area contributed by atoms with Gasteiger partial charge in [0.2, 0.25) is 0 Å². The molecule has 1 aromatic rings. The summed E-state index contributed by atoms with van der Waals surface area (Å²) in [7, 11) is 1.33. The van der Waals surface area contributed by atoms with E-state index in [-0.39, 0.29) is 34.9 Å². The third-order valence-electron chi connectivity index (χ3n) is 2.58. The van der Waals surface area contributed by atoms with Gasteiger partial charge in [-0.15, -0.1) is 11.6 Å². The van der Waals surface area contributed by atoms with E-state index in [4.69, 9.17) is 16.3 Å². The molecule has 100 valence electrons. The lowest BCUT2D eigenvalue weighted by Gasteiger charge is -2.18. The Balaban J connectivity index is 3.12. The number of carbonyl (C=O) groups is 1. The molecule has 0 amide bonds. The Kier molecular flexibility index (Phi) is 5.40. The molecule has 3 N–H and O–H groups in total. The van der Waals surface area contributed by atoms with Crippen molar-refractivity contribution in [3.63, 3.8) is 0 Å². The molecule has 18 heavy (non-hydrogen) atoms. The van der Waals surface area contributed by atoms with Gasteiger partial charge in [0.25, 0.3) is 0 Å². The molecular weight excluding hydrogens is 260 g/mol. The number of alkyl halides is 1. The first-order chi connectivity index (χ1) is 8.54. The lowest BCUT2D eigenvalue weighted by Crippen LogP contribution is -2.19. The van der Waals surface area contributed by atoms with Gasteiger partial charge in [-0.3, -0.25) is 4.79 Å². The number of hydrogen-bond donors (Lipinski definition) is 3. The summed E-state index contributed by atoms with van der Waals surface area (Å²) in [5.41, 5.74) is 0.269. The average molecular weight is 275 g/mol. The van der Waals surface area contributed by atoms with E-state index < -0.39 is 12.2 Å². The first-order valence-electron chi connectivity index (χ1n) is 5.33. The van der Waals surface area contributed by atoms with E-state index in [1.54, 1.807) is 0 Å². The summed E-state index contributed by atoms with van der Waals surface area (Å²) in [4.78, 5) is 10.8. The number of carbonyl (C=O) groups excluding carboxylic acids is 1. The van der Waals surface area contributed by atoms with Crippen molar-refractivity contribution in [1.82, 2.24) is 0 Å². The zero-order valence-corrected chi connectivity index (χ0v) is 10.6. The fourth-order valence-corrected chi connectivity index (χ4v) is 1.78. The van der Waals surface area contributed by atoms with E-state index in [1.807, 2.05) is 0 Å². The first kappa shape index (κ1) is 14.8. The molecule has 1 rings (SSSR count). The number of phenolic OH excluding ortho intramolecular Hbond substituents is 1. The van der Waals surface area contributed by atoms with Crippen molar-refractivity contribution in [2.24, 2.45) is 0 Å². The Morgan fingerprint density at radius 1 is 1.44 bits per heavy atom. The maximum atomic E-state index is 10.8. The highest BCUT2D eigenvalue weighted by atomic mass is 35.5. The van der Waals surface area contributed by atoms with Crippen LogP contribution < -0.4 is 4.74 Å². The fourth-order valence-electron chi connectivity index (χ4n) is 1.56. The Morgan fingerprint density at radius 3 is 2.61 bits per heavy atom. The number of aliphatic hydroxyl groups excluding tert-OH is 2. The number of aldehydes is 1. The summed E-state index contributed by atoms with van der Waals surface area (Å²) in [6, 6.07) is 2.66. The van der Waals surface area contributed by atoms with Crippen LogP contribution >= 0.6 is 11.6 Å². The lowest BCUT2D eigenvalue weighted by atomic mass is 9.99. The van der Waals surface area contributed by atoms with Crippen molar-refractivity contribution in [2.75, 3.05) is 13.0 Å². The third kappa shape index (κ3) is 3.13. The van der Waals surface area contributed by atoms with Crippen LogP contribution in [0.3, 0.4) is 0 Å². The molecule has 0 saturated heterocycles. The molecule has 6 heteroatoms. The monoisotopic (exact) mass is 274 g/mol. The van der Waals surface area contributed by atoms with Gasteiger partial charge >= 0.3 is 0 Å². The zero-order valence-electron chi connectivity index (χ0n) is 9.84. The van der Waals surface area contributed by atoms with E-state index >= 15 is 0 Å². The molecule has 2 unspecified atom stereocenters. The molecule has 0 saturated carbocycles. The van der Waals surface area contributed by atoms with Gasteiger partial charge in [0.15, 0.2) is 17.8 Å². The lowest BCUT2D eigenvalue weighted by molar-refractivity contribution is 0.0168. The number of hydrogen-bond acceptors (Lipinski definition) is 5. The number of halogens is 1. The number of phenols is 1. The van der Waals surface area contributed by atoms with E-state index in [0.717, 1.165) is 0 Å². The Morgan fingerprint density at radius 2 is 2.11 bits per heavy atom. The standard InChI is InChI=1S/C12H15ClO5/c1-18-10-5-7(4-8(6-14)12(10)17)11(16)9(15)2-3-13/h4-6,9,11,15-17H,2-3H2,1H3. The third-order valence-corrected chi connectivity index (χ3v) is 2.80. The van der Waals surface area contributed by atoms with E-state index in [2.05, 4.69) is 0 Å². The van der Waals surface area contributed by atoms with Gasteiger partial charge in [-0.1, -0.05) is 0 Å². The van der Waals surface area contributed by atoms with Crippen LogP contribution in [0, 0.1) is 0 Å². The van der Waals surface area contributed by atoms with E-state index in [0.29, 0.717) is 6.29 Å². The molecule has 1 aromatic carbocycles. The number of aromatic hydroxyl groups is 1. The van der Waals surface area contributed by atoms with Crippen LogP contribution in [-0.4, -0.2) is 40.7 Å². The Bertz CT molecular complexity index is 421. The average Bonchev–Trinajstić information content (AvgIpc) is 2.38. The Labute approximate surface area is 110 Å². The van der Waals surface area contributed by atoms with Crippen LogP contribution in [0.2, 0.25) is 0 Å². The van der Waals surface area contributed by atoms with Crippen molar-refractivity contribution in [2.45, 2.75) is 18.6 Å². The fraction of sp³-hybridized carbons (Fsp3) is 0.417. The molecular formula is C12H15ClO5. The van der Waals surface area contributed by atoms with Gasteiger partial charge in [0.05, 0.1) is 18.8 Å². The highest BCUT2D eigenvalue weighted by Gasteiger charge is 2.21. The molecule has 0 fully saturated rings. The number of ether oxygens (including phenoxy) is 1. The molecule has 0 aliphatic heterocycles. The maximum absolute atomic E-state index is 10.8. The molecule has 0 aliphatic carbocycles. The molecule has 0 aromatic heterocycles. The second kappa shape index (κ2) is 6.58. The van der Waals surface area contributed by atoms with Crippen LogP contribution in [0.25, 0.3) is 0 Å². The predicted molar refractivity (Wildman–Crippen MR) is 66.3 cm³/mol. The van der Waals surface area contributed by atoms with Crippen molar-refractivity contribution in [3.05, 3.63) is 23.3 Å². The smallest absolute Gasteiger partial charge is 0.168 e. The van der Waals surface area contributed by atoms with Gasteiger partial charge in [-0.25, -0.2) is 0 Å². The van der Waals surface area contributed by atoms with Crippen LogP contribution in [-0.2, 0) is 0 Å². The van der Waals surface area contributed by atoms with Crippen LogP contribution in [0.15, 0.2) is 12.1 Å². The quantitative estimate of drug-likeness (QED) is 0.537. The van der Waals surface area contributed by atoms with E-state index in [1.165, 1.54) is 19.2 Å². The number of aliphatic hydroxyl groups is 2. The molecule has 0 bridgehead atoms. The molecule has 5 nitrogen and oxygen atoms in total. The number of benzene rings is 1. The van der Waals surface area contributed by atoms with Crippen LogP contribution in [0.4, 0.5) is 0 Å². The SMILES string of the molecule is COc1cc(C(O)C(O)CCCl)cc(C=O)c1O. The van der Waals surface area contributed by atoms with Gasteiger partial charge in [0, 0.05) is 5.88 Å². The highest BCUT2D eigenvalue weighted by Crippen LogP contribution is 2.33. The van der Waals surface area contributed by atoms with Gasteiger partial charge in [-0.05, 0) is 24.1 Å². The van der Waals surface area contributed by atoms with Gasteiger partial charge in [0.1, 0.15) is 6.10 Å². The second-order valence-corrected chi connectivity index (χ2v) is 4.15.